The van der Waals surface area contributed by atoms with Crippen molar-refractivity contribution >= 4 is 81.5 Å². The maximum atomic E-state index is 15.2. The molecule has 0 aliphatic carbocycles. The number of rotatable bonds is 5. The number of anilines is 2. The van der Waals surface area contributed by atoms with Gasteiger partial charge < -0.3 is 19.7 Å². The van der Waals surface area contributed by atoms with Crippen molar-refractivity contribution in [1.29, 1.82) is 0 Å². The Bertz CT molecular complexity index is 1560. The van der Waals surface area contributed by atoms with Crippen LogP contribution in [0.15, 0.2) is 30.3 Å². The van der Waals surface area contributed by atoms with Gasteiger partial charge in [-0.05, 0) is 51.1 Å². The number of ether oxygens (including phenoxy) is 2. The zero-order valence-corrected chi connectivity index (χ0v) is 26.9. The van der Waals surface area contributed by atoms with Gasteiger partial charge in [-0.3, -0.25) is 24.1 Å². The molecular weight excluding hydrogens is 666 g/mol. The van der Waals surface area contributed by atoms with Crippen LogP contribution in [0, 0.1) is 17.3 Å². The summed E-state index contributed by atoms with van der Waals surface area (Å²) in [6, 6.07) is 5.72. The van der Waals surface area contributed by atoms with E-state index in [1.54, 1.807) is 20.8 Å². The lowest BCUT2D eigenvalue weighted by atomic mass is 9.73. The van der Waals surface area contributed by atoms with Crippen LogP contribution in [0.4, 0.5) is 20.2 Å². The fraction of sp³-hybridized carbons (Fsp3) is 0.448. The fourth-order valence-electron chi connectivity index (χ4n) is 6.30. The number of halogens is 6. The van der Waals surface area contributed by atoms with Gasteiger partial charge in [-0.1, -0.05) is 46.4 Å². The first-order chi connectivity index (χ1) is 20.4. The molecule has 0 bridgehead atoms. The highest BCUT2D eigenvalue weighted by Gasteiger charge is 2.75. The second-order valence-electron chi connectivity index (χ2n) is 12.1. The maximum Gasteiger partial charge on any atom is 0.315 e. The Morgan fingerprint density at radius 2 is 1.64 bits per heavy atom. The third-order valence-electron chi connectivity index (χ3n) is 8.14. The third-order valence-corrected chi connectivity index (χ3v) is 9.10. The zero-order chi connectivity index (χ0) is 32.5. The molecular formula is C29H27Cl4F2N3O6. The summed E-state index contributed by atoms with van der Waals surface area (Å²) in [6.07, 6.45) is -0.838. The number of esters is 2. The first-order valence-electron chi connectivity index (χ1n) is 13.4. The summed E-state index contributed by atoms with van der Waals surface area (Å²) in [5.74, 6) is -10.0. The molecule has 2 aromatic carbocycles. The van der Waals surface area contributed by atoms with Gasteiger partial charge in [0, 0.05) is 45.8 Å². The van der Waals surface area contributed by atoms with Gasteiger partial charge in [0.15, 0.2) is 0 Å². The third kappa shape index (κ3) is 5.40. The van der Waals surface area contributed by atoms with E-state index >= 15 is 8.78 Å². The topological polar surface area (TPSA) is 105 Å². The van der Waals surface area contributed by atoms with Crippen molar-refractivity contribution < 1.29 is 37.4 Å². The van der Waals surface area contributed by atoms with Gasteiger partial charge in [0.05, 0.1) is 28.6 Å². The van der Waals surface area contributed by atoms with Crippen LogP contribution in [0.3, 0.4) is 0 Å². The molecule has 9 nitrogen and oxygen atoms in total. The van der Waals surface area contributed by atoms with Gasteiger partial charge in [0.2, 0.25) is 12.7 Å². The predicted octanol–water partition coefficient (Wildman–Crippen LogP) is 6.16. The first-order valence-corrected chi connectivity index (χ1v) is 14.9. The average molecular weight is 693 g/mol. The van der Waals surface area contributed by atoms with E-state index in [1.165, 1.54) is 37.4 Å². The number of nitrogens with zero attached hydrogens (tertiary/aromatic N) is 2. The summed E-state index contributed by atoms with van der Waals surface area (Å²) in [5, 5.41) is 3.09. The van der Waals surface area contributed by atoms with E-state index in [4.69, 9.17) is 55.9 Å². The van der Waals surface area contributed by atoms with Crippen LogP contribution in [0.5, 0.6) is 0 Å². The molecule has 0 aromatic heterocycles. The molecule has 3 aliphatic rings. The number of benzene rings is 2. The lowest BCUT2D eigenvalue weighted by molar-refractivity contribution is -0.179. The van der Waals surface area contributed by atoms with Crippen LogP contribution in [0.1, 0.15) is 32.8 Å². The summed E-state index contributed by atoms with van der Waals surface area (Å²) >= 11 is 25.0. The average Bonchev–Trinajstić information content (AvgIpc) is 3.47. The summed E-state index contributed by atoms with van der Waals surface area (Å²) < 4.78 is 40.9. The number of hydrogen-bond donors (Lipinski definition) is 1. The molecule has 0 radical (unpaired) electrons. The van der Waals surface area contributed by atoms with Gasteiger partial charge in [0.25, 0.3) is 11.8 Å². The van der Waals surface area contributed by atoms with E-state index in [0.717, 1.165) is 9.80 Å². The minimum absolute atomic E-state index is 0.00641. The Kier molecular flexibility index (Phi) is 8.38. The van der Waals surface area contributed by atoms with E-state index in [2.05, 4.69) is 5.32 Å². The molecule has 2 aromatic rings. The van der Waals surface area contributed by atoms with Gasteiger partial charge in [-0.25, -0.2) is 8.78 Å². The van der Waals surface area contributed by atoms with Gasteiger partial charge in [0.1, 0.15) is 11.5 Å². The van der Waals surface area contributed by atoms with Crippen molar-refractivity contribution in [2.45, 2.75) is 44.7 Å². The molecule has 15 heteroatoms. The van der Waals surface area contributed by atoms with Crippen LogP contribution in [-0.2, 0) is 34.2 Å². The maximum absolute atomic E-state index is 15.2. The van der Waals surface area contributed by atoms with Crippen LogP contribution in [0.2, 0.25) is 20.1 Å². The summed E-state index contributed by atoms with van der Waals surface area (Å²) in [6.45, 7) is 2.99. The first kappa shape index (κ1) is 32.7. The van der Waals surface area contributed by atoms with E-state index in [1.807, 2.05) is 0 Å². The van der Waals surface area contributed by atoms with Crippen molar-refractivity contribution in [3.63, 3.8) is 0 Å². The predicted molar refractivity (Wildman–Crippen MR) is 160 cm³/mol. The largest absolute Gasteiger partial charge is 0.428 e. The van der Waals surface area contributed by atoms with Crippen molar-refractivity contribution in [1.82, 2.24) is 4.90 Å². The van der Waals surface area contributed by atoms with E-state index in [-0.39, 0.29) is 37.0 Å². The molecule has 1 spiro atoms. The lowest BCUT2D eigenvalue weighted by Gasteiger charge is -2.36. The number of alkyl halides is 2. The summed E-state index contributed by atoms with van der Waals surface area (Å²) in [7, 11) is 1.37. The Balaban J connectivity index is 1.66. The molecule has 5 rings (SSSR count). The number of amides is 2. The smallest absolute Gasteiger partial charge is 0.315 e. The molecule has 0 unspecified atom stereocenters. The fourth-order valence-corrected chi connectivity index (χ4v) is 7.35. The highest BCUT2D eigenvalue weighted by molar-refractivity contribution is 6.38. The number of fused-ring (bicyclic) bond motifs is 4. The SMILES string of the molecule is CN(C(=O)[C@H]1[C@@H](C(=O)OCOC(=O)C(C)(C)C)[C@]2(C(=O)Nc3c(Cl)cc(Cl)cc32)N2CC(F)(F)C[C@@H]12)c1cc(Cl)cc(Cl)c1. The molecule has 2 amide bonds. The van der Waals surface area contributed by atoms with Gasteiger partial charge in [-0.15, -0.1) is 0 Å². The second-order valence-corrected chi connectivity index (χ2v) is 13.8. The molecule has 44 heavy (non-hydrogen) atoms. The molecule has 3 heterocycles. The van der Waals surface area contributed by atoms with Crippen molar-refractivity contribution in [2.75, 3.05) is 30.6 Å². The van der Waals surface area contributed by atoms with Crippen LogP contribution >= 0.6 is 46.4 Å². The Hall–Kier alpha value is -2.70. The lowest BCUT2D eigenvalue weighted by Crippen LogP contribution is -2.54. The minimum Gasteiger partial charge on any atom is -0.428 e. The zero-order valence-electron chi connectivity index (χ0n) is 23.9. The van der Waals surface area contributed by atoms with Gasteiger partial charge >= 0.3 is 11.9 Å². The number of carbonyl (C=O) groups is 4. The Morgan fingerprint density at radius 1 is 1.02 bits per heavy atom. The summed E-state index contributed by atoms with van der Waals surface area (Å²) in [4.78, 5) is 57.1. The number of carbonyl (C=O) groups excluding carboxylic acids is 4. The number of nitrogens with one attached hydrogen (secondary N) is 1. The molecule has 1 N–H and O–H groups in total. The quantitative estimate of drug-likeness (QED) is 0.296. The normalized spacial score (nSPS) is 25.4. The monoisotopic (exact) mass is 691 g/mol. The molecule has 0 saturated carbocycles. The molecule has 236 valence electrons. The Morgan fingerprint density at radius 3 is 2.25 bits per heavy atom. The molecule has 4 atom stereocenters. The summed E-state index contributed by atoms with van der Waals surface area (Å²) in [5.41, 5.74) is -2.77. The minimum atomic E-state index is -3.32. The Labute approximate surface area is 271 Å². The van der Waals surface area contributed by atoms with Crippen molar-refractivity contribution in [2.24, 2.45) is 17.3 Å². The standard InChI is InChI=1S/C29H27Cl4F2N3O6/c1-27(2,3)26(42)44-12-43-24(40)21-20(23(39)37(4)16-6-13(30)5-14(31)7-16)19-10-28(34,35)11-38(19)29(21)17-8-15(32)9-18(33)22(17)36-25(29)41/h5-9,19-21H,10-12H2,1-4H3,(H,36,41)/t19-,20+,21-,29+/m0/s1. The van der Waals surface area contributed by atoms with E-state index < -0.39 is 78.3 Å². The van der Waals surface area contributed by atoms with Crippen LogP contribution in [-0.4, -0.2) is 61.0 Å². The van der Waals surface area contributed by atoms with Crippen LogP contribution < -0.4 is 10.2 Å². The van der Waals surface area contributed by atoms with Gasteiger partial charge in [-0.2, -0.15) is 0 Å². The molecule has 2 fully saturated rings. The highest BCUT2D eigenvalue weighted by Crippen LogP contribution is 2.61. The number of hydrogen-bond acceptors (Lipinski definition) is 7. The highest BCUT2D eigenvalue weighted by atomic mass is 35.5. The second kappa shape index (κ2) is 11.3. The van der Waals surface area contributed by atoms with E-state index in [9.17, 15) is 19.2 Å². The molecule has 2 saturated heterocycles. The van der Waals surface area contributed by atoms with Crippen molar-refractivity contribution in [3.05, 3.63) is 56.0 Å². The van der Waals surface area contributed by atoms with Crippen molar-refractivity contribution in [3.8, 4) is 0 Å². The van der Waals surface area contributed by atoms with Crippen LogP contribution in [0.25, 0.3) is 0 Å². The van der Waals surface area contributed by atoms with E-state index in [0.29, 0.717) is 0 Å². The molecule has 3 aliphatic heterocycles.